The van der Waals surface area contributed by atoms with Gasteiger partial charge in [0.2, 0.25) is 11.8 Å². The largest absolute Gasteiger partial charge is 0.437 e. The fourth-order valence-corrected chi connectivity index (χ4v) is 2.81. The minimum atomic E-state index is -0.0108. The zero-order chi connectivity index (χ0) is 16.1. The third-order valence-corrected chi connectivity index (χ3v) is 3.96. The Morgan fingerprint density at radius 3 is 2.76 bits per heavy atom. The van der Waals surface area contributed by atoms with Crippen LogP contribution in [0.25, 0.3) is 0 Å². The molecule has 25 heavy (non-hydrogen) atoms. The van der Waals surface area contributed by atoms with E-state index in [-0.39, 0.29) is 42.7 Å². The average Bonchev–Trinajstić information content (AvgIpc) is 2.56. The number of aromatic nitrogens is 2. The number of hydrogen-bond donors (Lipinski definition) is 2. The Morgan fingerprint density at radius 1 is 1.20 bits per heavy atom. The van der Waals surface area contributed by atoms with Crippen molar-refractivity contribution in [2.75, 3.05) is 5.32 Å². The van der Waals surface area contributed by atoms with Gasteiger partial charge in [0.15, 0.2) is 0 Å². The number of halogens is 2. The van der Waals surface area contributed by atoms with E-state index >= 15 is 0 Å². The average molecular weight is 385 g/mol. The zero-order valence-electron chi connectivity index (χ0n) is 13.6. The van der Waals surface area contributed by atoms with Crippen molar-refractivity contribution < 1.29 is 9.53 Å². The maximum absolute atomic E-state index is 12.4. The molecule has 1 amide bonds. The molecule has 3 N–H and O–H groups in total. The van der Waals surface area contributed by atoms with Crippen LogP contribution in [0.3, 0.4) is 0 Å². The molecule has 1 aromatic heterocycles. The van der Waals surface area contributed by atoms with Gasteiger partial charge >= 0.3 is 0 Å². The van der Waals surface area contributed by atoms with Gasteiger partial charge in [0, 0.05) is 36.0 Å². The highest BCUT2D eigenvalue weighted by atomic mass is 35.5. The molecule has 8 heteroatoms. The van der Waals surface area contributed by atoms with Crippen LogP contribution in [0.4, 0.5) is 5.69 Å². The third-order valence-electron chi connectivity index (χ3n) is 3.96. The zero-order valence-corrected chi connectivity index (χ0v) is 15.3. The predicted molar refractivity (Wildman–Crippen MR) is 102 cm³/mol. The monoisotopic (exact) mass is 384 g/mol. The molecule has 3 rings (SSSR count). The van der Waals surface area contributed by atoms with Crippen molar-refractivity contribution in [3.63, 3.8) is 0 Å². The summed E-state index contributed by atoms with van der Waals surface area (Å²) in [6, 6.07) is 10.8. The molecule has 0 spiro atoms. The maximum Gasteiger partial charge on any atom is 0.238 e. The molecular formula is C17H22Cl2N4O2. The molecule has 1 saturated carbocycles. The van der Waals surface area contributed by atoms with Gasteiger partial charge in [-0.2, -0.15) is 5.10 Å². The Balaban J connectivity index is 0.00000156. The van der Waals surface area contributed by atoms with Crippen molar-refractivity contribution in [3.05, 3.63) is 42.6 Å². The van der Waals surface area contributed by atoms with Crippen molar-refractivity contribution in [1.82, 2.24) is 10.2 Å². The first kappa shape index (κ1) is 21.2. The van der Waals surface area contributed by atoms with Crippen LogP contribution in [0, 0.1) is 5.92 Å². The molecule has 1 fully saturated rings. The van der Waals surface area contributed by atoms with Gasteiger partial charge in [-0.1, -0.05) is 12.5 Å². The molecule has 136 valence electrons. The minimum Gasteiger partial charge on any atom is -0.437 e. The third kappa shape index (κ3) is 6.16. The highest BCUT2D eigenvalue weighted by Crippen LogP contribution is 2.26. The van der Waals surface area contributed by atoms with Crippen molar-refractivity contribution in [2.24, 2.45) is 11.7 Å². The van der Waals surface area contributed by atoms with Gasteiger partial charge in [0.25, 0.3) is 0 Å². The molecule has 0 radical (unpaired) electrons. The van der Waals surface area contributed by atoms with E-state index in [0.717, 1.165) is 25.7 Å². The van der Waals surface area contributed by atoms with Crippen LogP contribution < -0.4 is 15.8 Å². The van der Waals surface area contributed by atoms with Crippen molar-refractivity contribution in [3.8, 4) is 11.6 Å². The van der Waals surface area contributed by atoms with Crippen LogP contribution >= 0.6 is 24.8 Å². The summed E-state index contributed by atoms with van der Waals surface area (Å²) < 4.78 is 5.62. The molecule has 1 heterocycles. The second-order valence-corrected chi connectivity index (χ2v) is 5.80. The first-order valence-electron chi connectivity index (χ1n) is 7.83. The molecule has 6 nitrogen and oxygen atoms in total. The van der Waals surface area contributed by atoms with Crippen LogP contribution in [0.1, 0.15) is 25.7 Å². The Hall–Kier alpha value is -1.89. The van der Waals surface area contributed by atoms with E-state index in [1.807, 2.05) is 12.1 Å². The quantitative estimate of drug-likeness (QED) is 0.840. The minimum absolute atomic E-state index is 0. The molecule has 0 saturated heterocycles. The van der Waals surface area contributed by atoms with E-state index in [9.17, 15) is 4.79 Å². The number of ether oxygens (including phenoxy) is 1. The lowest BCUT2D eigenvalue weighted by Crippen LogP contribution is -2.34. The smallest absolute Gasteiger partial charge is 0.238 e. The molecule has 2 atom stereocenters. The summed E-state index contributed by atoms with van der Waals surface area (Å²) in [4.78, 5) is 12.4. The van der Waals surface area contributed by atoms with Gasteiger partial charge in [0.1, 0.15) is 5.75 Å². The Bertz CT molecular complexity index is 673. The molecule has 2 unspecified atom stereocenters. The number of nitrogens with two attached hydrogens (primary N) is 1. The standard InChI is InChI=1S/C17H20N4O2.2ClH/c18-13-5-1-4-12(10-13)17(22)20-14-6-2-7-15(11-14)23-16-8-3-9-19-21-16;;/h2-3,6-9,11-13H,1,4-5,10,18H2,(H,20,22);2*1H. The maximum atomic E-state index is 12.4. The second-order valence-electron chi connectivity index (χ2n) is 5.80. The van der Waals surface area contributed by atoms with Gasteiger partial charge in [-0.05, 0) is 37.5 Å². The first-order chi connectivity index (χ1) is 11.2. The van der Waals surface area contributed by atoms with Gasteiger partial charge < -0.3 is 15.8 Å². The van der Waals surface area contributed by atoms with E-state index in [1.54, 1.807) is 30.5 Å². The van der Waals surface area contributed by atoms with Gasteiger partial charge in [0.05, 0.1) is 0 Å². The summed E-state index contributed by atoms with van der Waals surface area (Å²) in [5, 5.41) is 10.6. The van der Waals surface area contributed by atoms with Gasteiger partial charge in [-0.25, -0.2) is 0 Å². The normalized spacial score (nSPS) is 19.1. The van der Waals surface area contributed by atoms with E-state index in [2.05, 4.69) is 15.5 Å². The van der Waals surface area contributed by atoms with Crippen LogP contribution in [0.5, 0.6) is 11.6 Å². The summed E-state index contributed by atoms with van der Waals surface area (Å²) in [7, 11) is 0. The number of carbonyl (C=O) groups excluding carboxylic acids is 1. The molecule has 0 bridgehead atoms. The lowest BCUT2D eigenvalue weighted by atomic mass is 9.85. The number of anilines is 1. The highest BCUT2D eigenvalue weighted by Gasteiger charge is 2.25. The van der Waals surface area contributed by atoms with E-state index < -0.39 is 0 Å². The SMILES string of the molecule is Cl.Cl.NC1CCCC(C(=O)Nc2cccc(Oc3cccnn3)c2)C1. The highest BCUT2D eigenvalue weighted by molar-refractivity contribution is 5.92. The second kappa shape index (κ2) is 10.2. The van der Waals surface area contributed by atoms with Crippen molar-refractivity contribution in [2.45, 2.75) is 31.7 Å². The molecule has 1 aliphatic carbocycles. The number of benzene rings is 1. The van der Waals surface area contributed by atoms with Crippen LogP contribution in [0.15, 0.2) is 42.6 Å². The number of hydrogen-bond acceptors (Lipinski definition) is 5. The van der Waals surface area contributed by atoms with Crippen LogP contribution in [-0.2, 0) is 4.79 Å². The topological polar surface area (TPSA) is 90.1 Å². The Labute approximate surface area is 159 Å². The van der Waals surface area contributed by atoms with E-state index in [1.165, 1.54) is 0 Å². The molecule has 2 aromatic rings. The lowest BCUT2D eigenvalue weighted by Gasteiger charge is -2.25. The fraction of sp³-hybridized carbons (Fsp3) is 0.353. The first-order valence-corrected chi connectivity index (χ1v) is 7.83. The van der Waals surface area contributed by atoms with Gasteiger partial charge in [-0.15, -0.1) is 29.9 Å². The van der Waals surface area contributed by atoms with E-state index in [0.29, 0.717) is 17.3 Å². The van der Waals surface area contributed by atoms with Crippen molar-refractivity contribution >= 4 is 36.4 Å². The summed E-state index contributed by atoms with van der Waals surface area (Å²) in [5.74, 6) is 1.03. The van der Waals surface area contributed by atoms with Crippen LogP contribution in [0.2, 0.25) is 0 Å². The summed E-state index contributed by atoms with van der Waals surface area (Å²) in [5.41, 5.74) is 6.66. The van der Waals surface area contributed by atoms with E-state index in [4.69, 9.17) is 10.5 Å². The number of carbonyl (C=O) groups is 1. The number of rotatable bonds is 4. The Kier molecular flexibility index (Phi) is 8.61. The Morgan fingerprint density at radius 2 is 2.04 bits per heavy atom. The summed E-state index contributed by atoms with van der Waals surface area (Å²) in [6.07, 6.45) is 5.25. The van der Waals surface area contributed by atoms with Crippen LogP contribution in [-0.4, -0.2) is 22.1 Å². The summed E-state index contributed by atoms with van der Waals surface area (Å²) in [6.45, 7) is 0. The predicted octanol–water partition coefficient (Wildman–Crippen LogP) is 3.57. The fourth-order valence-electron chi connectivity index (χ4n) is 2.81. The van der Waals surface area contributed by atoms with Gasteiger partial charge in [-0.3, -0.25) is 4.79 Å². The van der Waals surface area contributed by atoms with Crippen molar-refractivity contribution in [1.29, 1.82) is 0 Å². The molecule has 0 aliphatic heterocycles. The number of amides is 1. The molecule has 1 aromatic carbocycles. The lowest BCUT2D eigenvalue weighted by molar-refractivity contribution is -0.120. The number of nitrogens with zero attached hydrogens (tertiary/aromatic N) is 2. The number of nitrogens with one attached hydrogen (secondary N) is 1. The summed E-state index contributed by atoms with van der Waals surface area (Å²) >= 11 is 0. The molecule has 1 aliphatic rings. The molecular weight excluding hydrogens is 363 g/mol.